The summed E-state index contributed by atoms with van der Waals surface area (Å²) >= 11 is 0. The van der Waals surface area contributed by atoms with E-state index in [0.717, 1.165) is 37.5 Å². The topological polar surface area (TPSA) is 57.2 Å². The van der Waals surface area contributed by atoms with Crippen molar-refractivity contribution in [3.8, 4) is 0 Å². The fourth-order valence-electron chi connectivity index (χ4n) is 3.75. The molecule has 0 aliphatic carbocycles. The Morgan fingerprint density at radius 1 is 1.21 bits per heavy atom. The first kappa shape index (κ1) is 20.6. The van der Waals surface area contributed by atoms with E-state index < -0.39 is 0 Å². The number of rotatable bonds is 4. The van der Waals surface area contributed by atoms with Gasteiger partial charge in [-0.3, -0.25) is 9.79 Å². The molecule has 2 aliphatic rings. The number of hydrogen-bond acceptors (Lipinski definition) is 3. The number of hydrogen-bond donors (Lipinski definition) is 1. The Morgan fingerprint density at radius 3 is 2.43 bits per heavy atom. The standard InChI is InChI=1S/C21H31FN4O2/c1-21(2,16-6-8-17(22)9-7-16)15-24-20(23-3)26-12-10-25(11-13-26)19(27)18-5-4-14-28-18/h6-9,18H,4-5,10-15H2,1-3H3,(H,23,24). The van der Waals surface area contributed by atoms with Crippen LogP contribution in [0.4, 0.5) is 4.39 Å². The minimum absolute atomic E-state index is 0.123. The molecule has 1 aromatic rings. The van der Waals surface area contributed by atoms with E-state index in [1.54, 1.807) is 7.05 Å². The molecule has 2 aliphatic heterocycles. The molecular formula is C21H31FN4O2. The molecule has 1 aromatic carbocycles. The highest BCUT2D eigenvalue weighted by molar-refractivity contribution is 5.82. The lowest BCUT2D eigenvalue weighted by Crippen LogP contribution is -2.56. The molecule has 1 unspecified atom stereocenters. The molecule has 2 saturated heterocycles. The van der Waals surface area contributed by atoms with E-state index in [4.69, 9.17) is 4.74 Å². The van der Waals surface area contributed by atoms with Gasteiger partial charge in [0.05, 0.1) is 0 Å². The van der Waals surface area contributed by atoms with Gasteiger partial charge in [0.25, 0.3) is 5.91 Å². The maximum Gasteiger partial charge on any atom is 0.251 e. The van der Waals surface area contributed by atoms with Gasteiger partial charge in [-0.1, -0.05) is 26.0 Å². The summed E-state index contributed by atoms with van der Waals surface area (Å²) in [6.45, 7) is 8.47. The molecule has 1 amide bonds. The number of benzene rings is 1. The zero-order valence-corrected chi connectivity index (χ0v) is 17.1. The summed E-state index contributed by atoms with van der Waals surface area (Å²) in [6.07, 6.45) is 1.55. The van der Waals surface area contributed by atoms with Gasteiger partial charge in [-0.25, -0.2) is 4.39 Å². The van der Waals surface area contributed by atoms with Gasteiger partial charge in [0.15, 0.2) is 5.96 Å². The highest BCUT2D eigenvalue weighted by Gasteiger charge is 2.31. The number of nitrogens with zero attached hydrogens (tertiary/aromatic N) is 3. The number of amides is 1. The Labute approximate surface area is 166 Å². The van der Waals surface area contributed by atoms with Crippen molar-refractivity contribution >= 4 is 11.9 Å². The number of piperazine rings is 1. The molecule has 1 N–H and O–H groups in total. The zero-order chi connectivity index (χ0) is 20.1. The predicted molar refractivity (Wildman–Crippen MR) is 108 cm³/mol. The second kappa shape index (κ2) is 8.90. The van der Waals surface area contributed by atoms with Crippen LogP contribution >= 0.6 is 0 Å². The van der Waals surface area contributed by atoms with E-state index >= 15 is 0 Å². The number of carbonyl (C=O) groups excluding carboxylic acids is 1. The number of halogens is 1. The second-order valence-electron chi connectivity index (χ2n) is 8.11. The van der Waals surface area contributed by atoms with Crippen molar-refractivity contribution in [2.75, 3.05) is 46.4 Å². The summed E-state index contributed by atoms with van der Waals surface area (Å²) in [5.74, 6) is 0.732. The highest BCUT2D eigenvalue weighted by Crippen LogP contribution is 2.22. The Bertz CT molecular complexity index is 691. The quantitative estimate of drug-likeness (QED) is 0.631. The Morgan fingerprint density at radius 2 is 1.86 bits per heavy atom. The maximum absolute atomic E-state index is 13.2. The van der Waals surface area contributed by atoms with E-state index in [2.05, 4.69) is 29.1 Å². The summed E-state index contributed by atoms with van der Waals surface area (Å²) < 4.78 is 18.7. The van der Waals surface area contributed by atoms with Gasteiger partial charge in [-0.05, 0) is 30.5 Å². The fraction of sp³-hybridized carbons (Fsp3) is 0.619. The SMILES string of the molecule is CN=C(NCC(C)(C)c1ccc(F)cc1)N1CCN(C(=O)C2CCCO2)CC1. The average Bonchev–Trinajstić information content (AvgIpc) is 3.23. The lowest BCUT2D eigenvalue weighted by Gasteiger charge is -2.38. The van der Waals surface area contributed by atoms with E-state index in [0.29, 0.717) is 26.2 Å². The number of nitrogens with one attached hydrogen (secondary N) is 1. The van der Waals surface area contributed by atoms with Crippen molar-refractivity contribution < 1.29 is 13.9 Å². The molecule has 154 valence electrons. The summed E-state index contributed by atoms with van der Waals surface area (Å²) in [7, 11) is 1.77. The molecule has 1 atom stereocenters. The monoisotopic (exact) mass is 390 g/mol. The van der Waals surface area contributed by atoms with Crippen LogP contribution < -0.4 is 5.32 Å². The lowest BCUT2D eigenvalue weighted by atomic mass is 9.84. The number of carbonyl (C=O) groups is 1. The third-order valence-corrected chi connectivity index (χ3v) is 5.62. The summed E-state index contributed by atoms with van der Waals surface area (Å²) in [5, 5.41) is 3.45. The Kier molecular flexibility index (Phi) is 6.54. The van der Waals surface area contributed by atoms with Crippen LogP contribution in [0.3, 0.4) is 0 Å². The van der Waals surface area contributed by atoms with E-state index in [1.165, 1.54) is 12.1 Å². The highest BCUT2D eigenvalue weighted by atomic mass is 19.1. The third kappa shape index (κ3) is 4.82. The van der Waals surface area contributed by atoms with E-state index in [9.17, 15) is 9.18 Å². The van der Waals surface area contributed by atoms with Crippen LogP contribution in [0.5, 0.6) is 0 Å². The normalized spacial score (nSPS) is 21.1. The Balaban J connectivity index is 1.52. The smallest absolute Gasteiger partial charge is 0.251 e. The van der Waals surface area contributed by atoms with Gasteiger partial charge in [0.1, 0.15) is 11.9 Å². The van der Waals surface area contributed by atoms with Crippen LogP contribution in [-0.2, 0) is 14.9 Å². The molecule has 0 saturated carbocycles. The summed E-state index contributed by atoms with van der Waals surface area (Å²) in [6, 6.07) is 6.65. The fourth-order valence-corrected chi connectivity index (χ4v) is 3.75. The van der Waals surface area contributed by atoms with Crippen LogP contribution in [0.25, 0.3) is 0 Å². The molecule has 2 fully saturated rings. The molecule has 0 radical (unpaired) electrons. The first-order valence-electron chi connectivity index (χ1n) is 10.0. The minimum atomic E-state index is -0.250. The second-order valence-corrected chi connectivity index (χ2v) is 8.11. The first-order valence-corrected chi connectivity index (χ1v) is 10.0. The van der Waals surface area contributed by atoms with Gasteiger partial charge < -0.3 is 19.9 Å². The zero-order valence-electron chi connectivity index (χ0n) is 17.1. The first-order chi connectivity index (χ1) is 13.4. The van der Waals surface area contributed by atoms with Crippen LogP contribution in [0.2, 0.25) is 0 Å². The van der Waals surface area contributed by atoms with Gasteiger partial charge in [0, 0.05) is 51.8 Å². The summed E-state index contributed by atoms with van der Waals surface area (Å²) in [4.78, 5) is 21.0. The van der Waals surface area contributed by atoms with Crippen molar-refractivity contribution in [2.45, 2.75) is 38.2 Å². The Hall–Kier alpha value is -2.15. The largest absolute Gasteiger partial charge is 0.368 e. The number of guanidine groups is 1. The van der Waals surface area contributed by atoms with E-state index in [-0.39, 0.29) is 23.2 Å². The molecule has 0 aromatic heterocycles. The number of aliphatic imine (C=N–C) groups is 1. The summed E-state index contributed by atoms with van der Waals surface area (Å²) in [5.41, 5.74) is 0.908. The van der Waals surface area contributed by atoms with Crippen LogP contribution in [0.1, 0.15) is 32.3 Å². The van der Waals surface area contributed by atoms with Gasteiger partial charge in [-0.2, -0.15) is 0 Å². The molecule has 0 bridgehead atoms. The molecule has 0 spiro atoms. The van der Waals surface area contributed by atoms with Crippen molar-refractivity contribution in [2.24, 2.45) is 4.99 Å². The molecule has 28 heavy (non-hydrogen) atoms. The van der Waals surface area contributed by atoms with Gasteiger partial charge in [0.2, 0.25) is 0 Å². The maximum atomic E-state index is 13.2. The van der Waals surface area contributed by atoms with Crippen LogP contribution in [0, 0.1) is 5.82 Å². The third-order valence-electron chi connectivity index (χ3n) is 5.62. The minimum Gasteiger partial charge on any atom is -0.368 e. The van der Waals surface area contributed by atoms with Crippen LogP contribution in [-0.4, -0.2) is 74.1 Å². The van der Waals surface area contributed by atoms with Crippen molar-refractivity contribution in [3.05, 3.63) is 35.6 Å². The molecular weight excluding hydrogens is 359 g/mol. The number of ether oxygens (including phenoxy) is 1. The predicted octanol–water partition coefficient (Wildman–Crippen LogP) is 2.00. The molecule has 7 heteroatoms. The molecule has 3 rings (SSSR count). The molecule has 2 heterocycles. The lowest BCUT2D eigenvalue weighted by molar-refractivity contribution is -0.142. The van der Waals surface area contributed by atoms with Crippen molar-refractivity contribution in [1.82, 2.24) is 15.1 Å². The van der Waals surface area contributed by atoms with Gasteiger partial charge >= 0.3 is 0 Å². The molecule has 6 nitrogen and oxygen atoms in total. The van der Waals surface area contributed by atoms with Crippen molar-refractivity contribution in [1.29, 1.82) is 0 Å². The average molecular weight is 391 g/mol. The van der Waals surface area contributed by atoms with Crippen molar-refractivity contribution in [3.63, 3.8) is 0 Å². The van der Waals surface area contributed by atoms with Gasteiger partial charge in [-0.15, -0.1) is 0 Å². The van der Waals surface area contributed by atoms with Crippen LogP contribution in [0.15, 0.2) is 29.3 Å². The van der Waals surface area contributed by atoms with E-state index in [1.807, 2.05) is 17.0 Å².